The second-order valence-electron chi connectivity index (χ2n) is 6.14. The summed E-state index contributed by atoms with van der Waals surface area (Å²) < 4.78 is 19.1. The first-order valence-electron chi connectivity index (χ1n) is 8.36. The molecule has 0 saturated carbocycles. The quantitative estimate of drug-likeness (QED) is 0.785. The molecule has 1 aromatic carbocycles. The summed E-state index contributed by atoms with van der Waals surface area (Å²) in [6.07, 6.45) is 5.19. The van der Waals surface area contributed by atoms with E-state index in [4.69, 9.17) is 4.42 Å². The van der Waals surface area contributed by atoms with Crippen molar-refractivity contribution in [1.29, 1.82) is 0 Å². The van der Waals surface area contributed by atoms with Crippen molar-refractivity contribution in [3.8, 4) is 0 Å². The van der Waals surface area contributed by atoms with Crippen molar-refractivity contribution in [3.05, 3.63) is 59.9 Å². The Hall–Kier alpha value is -2.89. The maximum Gasteiger partial charge on any atom is 0.257 e. The van der Waals surface area contributed by atoms with Crippen molar-refractivity contribution in [3.63, 3.8) is 0 Å². The molecule has 1 N–H and O–H groups in total. The van der Waals surface area contributed by atoms with Gasteiger partial charge in [0.1, 0.15) is 11.6 Å². The number of furan rings is 1. The number of rotatable bonds is 4. The summed E-state index contributed by atoms with van der Waals surface area (Å²) in [6, 6.07) is 8.05. The van der Waals surface area contributed by atoms with E-state index < -0.39 is 0 Å². The number of nitrogens with one attached hydrogen (secondary N) is 1. The van der Waals surface area contributed by atoms with E-state index in [0.29, 0.717) is 28.7 Å². The number of amides is 1. The molecule has 4 rings (SSSR count). The molecular formula is C19H18FN3O2. The number of anilines is 1. The smallest absolute Gasteiger partial charge is 0.257 e. The molecule has 2 aromatic heterocycles. The number of benzene rings is 1. The number of hydrogen-bond donors (Lipinski definition) is 1. The van der Waals surface area contributed by atoms with Crippen LogP contribution >= 0.6 is 0 Å². The first-order chi connectivity index (χ1) is 12.2. The van der Waals surface area contributed by atoms with Gasteiger partial charge >= 0.3 is 0 Å². The summed E-state index contributed by atoms with van der Waals surface area (Å²) >= 11 is 0. The summed E-state index contributed by atoms with van der Waals surface area (Å²) in [5, 5.41) is 3.84. The van der Waals surface area contributed by atoms with Crippen LogP contribution in [-0.2, 0) is 6.54 Å². The maximum atomic E-state index is 13.8. The number of fused-ring (bicyclic) bond motifs is 1. The zero-order valence-electron chi connectivity index (χ0n) is 13.7. The van der Waals surface area contributed by atoms with E-state index in [2.05, 4.69) is 10.3 Å². The van der Waals surface area contributed by atoms with Gasteiger partial charge in [0.25, 0.3) is 5.91 Å². The molecule has 25 heavy (non-hydrogen) atoms. The second kappa shape index (κ2) is 6.55. The number of likely N-dealkylation sites (tertiary alicyclic amines) is 1. The van der Waals surface area contributed by atoms with Gasteiger partial charge in [-0.15, -0.1) is 0 Å². The summed E-state index contributed by atoms with van der Waals surface area (Å²) in [4.78, 5) is 19.0. The third kappa shape index (κ3) is 3.07. The first-order valence-corrected chi connectivity index (χ1v) is 8.36. The molecule has 1 fully saturated rings. The van der Waals surface area contributed by atoms with Gasteiger partial charge in [-0.25, -0.2) is 4.39 Å². The third-order valence-corrected chi connectivity index (χ3v) is 4.47. The highest BCUT2D eigenvalue weighted by atomic mass is 19.1. The third-order valence-electron chi connectivity index (χ3n) is 4.47. The lowest BCUT2D eigenvalue weighted by molar-refractivity contribution is 0.0793. The molecule has 128 valence electrons. The van der Waals surface area contributed by atoms with Crippen LogP contribution in [0.1, 0.15) is 29.0 Å². The summed E-state index contributed by atoms with van der Waals surface area (Å²) in [6.45, 7) is 1.90. The van der Waals surface area contributed by atoms with Crippen LogP contribution in [0.25, 0.3) is 10.9 Å². The molecule has 0 unspecified atom stereocenters. The molecule has 1 amide bonds. The highest BCUT2D eigenvalue weighted by molar-refractivity contribution is 6.07. The van der Waals surface area contributed by atoms with Gasteiger partial charge in [0, 0.05) is 24.7 Å². The number of aromatic nitrogens is 1. The average Bonchev–Trinajstić information content (AvgIpc) is 3.32. The minimum atomic E-state index is -0.360. The fourth-order valence-electron chi connectivity index (χ4n) is 3.20. The van der Waals surface area contributed by atoms with Crippen LogP contribution in [0.2, 0.25) is 0 Å². The van der Waals surface area contributed by atoms with Gasteiger partial charge in [0.05, 0.1) is 29.6 Å². The maximum absolute atomic E-state index is 13.8. The topological polar surface area (TPSA) is 58.4 Å². The molecule has 0 atom stereocenters. The zero-order chi connectivity index (χ0) is 17.2. The van der Waals surface area contributed by atoms with Gasteiger partial charge in [0.15, 0.2) is 0 Å². The molecule has 0 bridgehead atoms. The Morgan fingerprint density at radius 3 is 2.88 bits per heavy atom. The molecule has 1 aliphatic rings. The van der Waals surface area contributed by atoms with Crippen LogP contribution in [0.5, 0.6) is 0 Å². The minimum Gasteiger partial charge on any atom is -0.467 e. The number of carbonyl (C=O) groups is 1. The Morgan fingerprint density at radius 2 is 2.12 bits per heavy atom. The lowest BCUT2D eigenvalue weighted by atomic mass is 10.1. The highest BCUT2D eigenvalue weighted by Crippen LogP contribution is 2.29. The van der Waals surface area contributed by atoms with Crippen LogP contribution in [0, 0.1) is 5.82 Å². The van der Waals surface area contributed by atoms with Crippen LogP contribution in [0.15, 0.2) is 47.2 Å². The Labute approximate surface area is 144 Å². The van der Waals surface area contributed by atoms with Crippen molar-refractivity contribution in [1.82, 2.24) is 9.88 Å². The molecule has 0 spiro atoms. The monoisotopic (exact) mass is 339 g/mol. The van der Waals surface area contributed by atoms with E-state index in [1.54, 1.807) is 24.6 Å². The largest absolute Gasteiger partial charge is 0.467 e. The van der Waals surface area contributed by atoms with Crippen molar-refractivity contribution in [2.75, 3.05) is 18.4 Å². The van der Waals surface area contributed by atoms with Gasteiger partial charge in [-0.3, -0.25) is 9.78 Å². The Balaban J connectivity index is 1.77. The van der Waals surface area contributed by atoms with Crippen LogP contribution < -0.4 is 5.32 Å². The van der Waals surface area contributed by atoms with E-state index in [-0.39, 0.29) is 11.7 Å². The molecule has 5 nitrogen and oxygen atoms in total. The van der Waals surface area contributed by atoms with Gasteiger partial charge in [-0.2, -0.15) is 0 Å². The Morgan fingerprint density at radius 1 is 1.28 bits per heavy atom. The minimum absolute atomic E-state index is 0.0712. The molecule has 0 aliphatic carbocycles. The molecule has 1 aliphatic heterocycles. The highest BCUT2D eigenvalue weighted by Gasteiger charge is 2.23. The predicted octanol–water partition coefficient (Wildman–Crippen LogP) is 3.82. The number of hydrogen-bond acceptors (Lipinski definition) is 4. The number of pyridine rings is 1. The van der Waals surface area contributed by atoms with Gasteiger partial charge in [0.2, 0.25) is 0 Å². The predicted molar refractivity (Wildman–Crippen MR) is 92.9 cm³/mol. The van der Waals surface area contributed by atoms with Gasteiger partial charge in [-0.05, 0) is 43.2 Å². The molecule has 1 saturated heterocycles. The van der Waals surface area contributed by atoms with Gasteiger partial charge < -0.3 is 14.6 Å². The van der Waals surface area contributed by atoms with E-state index in [1.807, 2.05) is 11.0 Å². The van der Waals surface area contributed by atoms with E-state index in [0.717, 1.165) is 31.7 Å². The number of halogens is 1. The summed E-state index contributed by atoms with van der Waals surface area (Å²) in [7, 11) is 0. The molecular weight excluding hydrogens is 321 g/mol. The SMILES string of the molecule is O=C(c1cnc2ccc(F)cc2c1NCc1ccco1)N1CCCC1. The number of nitrogens with zero attached hydrogens (tertiary/aromatic N) is 2. The van der Waals surface area contributed by atoms with Gasteiger partial charge in [-0.1, -0.05) is 0 Å². The molecule has 3 heterocycles. The van der Waals surface area contributed by atoms with Crippen LogP contribution in [-0.4, -0.2) is 28.9 Å². The van der Waals surface area contributed by atoms with Crippen molar-refractivity contribution < 1.29 is 13.6 Å². The molecule has 0 radical (unpaired) electrons. The lowest BCUT2D eigenvalue weighted by Crippen LogP contribution is -2.28. The van der Waals surface area contributed by atoms with Crippen molar-refractivity contribution in [2.45, 2.75) is 19.4 Å². The number of carbonyl (C=O) groups excluding carboxylic acids is 1. The molecule has 6 heteroatoms. The van der Waals surface area contributed by atoms with Crippen molar-refractivity contribution in [2.24, 2.45) is 0 Å². The Kier molecular flexibility index (Phi) is 4.09. The van der Waals surface area contributed by atoms with Crippen molar-refractivity contribution >= 4 is 22.5 Å². The normalized spacial score (nSPS) is 14.2. The van der Waals surface area contributed by atoms with Crippen LogP contribution in [0.4, 0.5) is 10.1 Å². The summed E-state index contributed by atoms with van der Waals surface area (Å²) in [5.74, 6) is 0.306. The average molecular weight is 339 g/mol. The summed E-state index contributed by atoms with van der Waals surface area (Å²) in [5.41, 5.74) is 1.70. The zero-order valence-corrected chi connectivity index (χ0v) is 13.7. The standard InChI is InChI=1S/C19H18FN3O2/c20-13-5-6-17-15(10-13)18(22-11-14-4-3-9-25-14)16(12-21-17)19(24)23-7-1-2-8-23/h3-6,9-10,12H,1-2,7-8,11H2,(H,21,22). The van der Waals surface area contributed by atoms with E-state index >= 15 is 0 Å². The first kappa shape index (κ1) is 15.6. The fraction of sp³-hybridized carbons (Fsp3) is 0.263. The Bertz CT molecular complexity index is 902. The second-order valence-corrected chi connectivity index (χ2v) is 6.14. The van der Waals surface area contributed by atoms with E-state index in [1.165, 1.54) is 12.1 Å². The lowest BCUT2D eigenvalue weighted by Gasteiger charge is -2.19. The molecule has 3 aromatic rings. The van der Waals surface area contributed by atoms with Crippen LogP contribution in [0.3, 0.4) is 0 Å². The fourth-order valence-corrected chi connectivity index (χ4v) is 3.20. The van der Waals surface area contributed by atoms with E-state index in [9.17, 15) is 9.18 Å².